The molecule has 180 valence electrons. The zero-order valence-corrected chi connectivity index (χ0v) is 19.5. The molecule has 3 atom stereocenters. The Balaban J connectivity index is 1.85. The molecule has 1 fully saturated rings. The molecule has 1 unspecified atom stereocenters. The third-order valence-electron chi connectivity index (χ3n) is 6.38. The number of aromatic nitrogens is 2. The van der Waals surface area contributed by atoms with E-state index in [1.807, 2.05) is 6.92 Å². The molecule has 33 heavy (non-hydrogen) atoms. The minimum atomic E-state index is -3.99. The van der Waals surface area contributed by atoms with Crippen molar-refractivity contribution in [1.82, 2.24) is 14.5 Å². The van der Waals surface area contributed by atoms with Crippen molar-refractivity contribution in [3.8, 4) is 0 Å². The smallest absolute Gasteiger partial charge is 0.332 e. The molecule has 1 aromatic heterocycles. The van der Waals surface area contributed by atoms with E-state index in [2.05, 4.69) is 10.6 Å². The van der Waals surface area contributed by atoms with Gasteiger partial charge in [-0.1, -0.05) is 18.2 Å². The fourth-order valence-corrected chi connectivity index (χ4v) is 5.50. The van der Waals surface area contributed by atoms with Crippen LogP contribution in [-0.4, -0.2) is 41.1 Å². The number of fused-ring (bicyclic) bond motifs is 1. The van der Waals surface area contributed by atoms with Crippen LogP contribution in [0.1, 0.15) is 38.7 Å². The zero-order chi connectivity index (χ0) is 23.9. The number of nitrogens with zero attached hydrogens (tertiary/aromatic N) is 3. The van der Waals surface area contributed by atoms with Crippen LogP contribution in [0.15, 0.2) is 38.8 Å². The van der Waals surface area contributed by atoms with E-state index < -0.39 is 33.7 Å². The standard InChI is InChI=1S/C21H30N6O5S/c1-3-25-18-17(19(29)26(4-2)21(25)30)27(20(24-18)23-14-9-7-10-15(14)28)12-13-8-5-6-11-16(13)33(22,31)32/h5-6,8,11,14-15,20,23-24,28H,3-4,7,9-10,12H2,1-2H3,(H2,22,31,32)/t14-,15-,20?/m1/s1. The van der Waals surface area contributed by atoms with Crippen molar-refractivity contribution in [2.45, 2.75) is 76.1 Å². The summed E-state index contributed by atoms with van der Waals surface area (Å²) in [6.45, 7) is 4.13. The van der Waals surface area contributed by atoms with E-state index in [9.17, 15) is 23.1 Å². The summed E-state index contributed by atoms with van der Waals surface area (Å²) < 4.78 is 27.0. The second kappa shape index (κ2) is 8.93. The van der Waals surface area contributed by atoms with E-state index in [0.29, 0.717) is 24.3 Å². The van der Waals surface area contributed by atoms with Crippen molar-refractivity contribution in [2.24, 2.45) is 5.14 Å². The molecule has 0 amide bonds. The molecule has 0 spiro atoms. The lowest BCUT2D eigenvalue weighted by Crippen LogP contribution is -2.53. The molecule has 0 saturated heterocycles. The number of rotatable bonds is 7. The highest BCUT2D eigenvalue weighted by Crippen LogP contribution is 2.33. The minimum Gasteiger partial charge on any atom is -0.392 e. The van der Waals surface area contributed by atoms with Crippen molar-refractivity contribution < 1.29 is 13.5 Å². The Kier molecular flexibility index (Phi) is 6.36. The number of nitrogens with two attached hydrogens (primary N) is 1. The third kappa shape index (κ3) is 4.19. The predicted molar refractivity (Wildman–Crippen MR) is 125 cm³/mol. The lowest BCUT2D eigenvalue weighted by Gasteiger charge is -2.31. The Bertz CT molecular complexity index is 1270. The number of anilines is 2. The summed E-state index contributed by atoms with van der Waals surface area (Å²) in [5.41, 5.74) is -0.181. The van der Waals surface area contributed by atoms with Crippen LogP contribution in [0.3, 0.4) is 0 Å². The van der Waals surface area contributed by atoms with Crippen LogP contribution in [0.2, 0.25) is 0 Å². The fraction of sp³-hybridized carbons (Fsp3) is 0.524. The molecule has 2 heterocycles. The lowest BCUT2D eigenvalue weighted by atomic mass is 10.2. The average Bonchev–Trinajstić information content (AvgIpc) is 3.32. The van der Waals surface area contributed by atoms with E-state index in [4.69, 9.17) is 5.14 Å². The molecular weight excluding hydrogens is 448 g/mol. The molecule has 1 aliphatic heterocycles. The first kappa shape index (κ1) is 23.5. The molecule has 1 saturated carbocycles. The quantitative estimate of drug-likeness (QED) is 0.431. The lowest BCUT2D eigenvalue weighted by molar-refractivity contribution is 0.144. The SMILES string of the molecule is CCn1c2c(c(=O)n(CC)c1=O)N(Cc1ccccc1S(N)(=O)=O)C(N[C@@H]1CCC[C@H]1O)N2. The van der Waals surface area contributed by atoms with Gasteiger partial charge in [0, 0.05) is 25.7 Å². The van der Waals surface area contributed by atoms with Gasteiger partial charge in [-0.05, 0) is 44.7 Å². The highest BCUT2D eigenvalue weighted by atomic mass is 32.2. The Morgan fingerprint density at radius 1 is 1.15 bits per heavy atom. The normalized spacial score (nSPS) is 22.4. The Labute approximate surface area is 191 Å². The molecular formula is C21H30N6O5S. The first-order valence-electron chi connectivity index (χ1n) is 11.1. The second-order valence-electron chi connectivity index (χ2n) is 8.37. The van der Waals surface area contributed by atoms with E-state index in [0.717, 1.165) is 17.4 Å². The minimum absolute atomic E-state index is 0.0299. The molecule has 1 aromatic carbocycles. The number of hydrogen-bond acceptors (Lipinski definition) is 8. The van der Waals surface area contributed by atoms with Crippen LogP contribution >= 0.6 is 0 Å². The third-order valence-corrected chi connectivity index (χ3v) is 7.39. The molecule has 5 N–H and O–H groups in total. The Morgan fingerprint density at radius 2 is 1.85 bits per heavy atom. The van der Waals surface area contributed by atoms with Crippen LogP contribution in [0.25, 0.3) is 0 Å². The van der Waals surface area contributed by atoms with Gasteiger partial charge in [0.2, 0.25) is 10.0 Å². The number of aliphatic hydroxyl groups is 1. The van der Waals surface area contributed by atoms with Crippen LogP contribution in [-0.2, 0) is 29.7 Å². The molecule has 2 aromatic rings. The van der Waals surface area contributed by atoms with E-state index in [1.54, 1.807) is 30.0 Å². The number of sulfonamides is 1. The van der Waals surface area contributed by atoms with Crippen LogP contribution < -0.4 is 31.9 Å². The van der Waals surface area contributed by atoms with Crippen molar-refractivity contribution in [3.05, 3.63) is 50.7 Å². The highest BCUT2D eigenvalue weighted by molar-refractivity contribution is 7.89. The van der Waals surface area contributed by atoms with Gasteiger partial charge in [-0.25, -0.2) is 18.4 Å². The van der Waals surface area contributed by atoms with E-state index >= 15 is 0 Å². The maximum absolute atomic E-state index is 13.4. The number of nitrogens with one attached hydrogen (secondary N) is 2. The van der Waals surface area contributed by atoms with Crippen molar-refractivity contribution in [1.29, 1.82) is 0 Å². The maximum atomic E-state index is 13.4. The summed E-state index contributed by atoms with van der Waals surface area (Å²) in [7, 11) is -3.99. The summed E-state index contributed by atoms with van der Waals surface area (Å²) in [4.78, 5) is 27.9. The Morgan fingerprint density at radius 3 is 2.45 bits per heavy atom. The predicted octanol–water partition coefficient (Wildman–Crippen LogP) is -0.0841. The molecule has 0 radical (unpaired) electrons. The van der Waals surface area contributed by atoms with Gasteiger partial charge in [-0.2, -0.15) is 0 Å². The van der Waals surface area contributed by atoms with Gasteiger partial charge < -0.3 is 15.3 Å². The van der Waals surface area contributed by atoms with Crippen molar-refractivity contribution >= 4 is 21.5 Å². The van der Waals surface area contributed by atoms with Gasteiger partial charge in [0.15, 0.2) is 6.29 Å². The molecule has 11 nitrogen and oxygen atoms in total. The van der Waals surface area contributed by atoms with Crippen molar-refractivity contribution in [3.63, 3.8) is 0 Å². The van der Waals surface area contributed by atoms with Crippen LogP contribution in [0.5, 0.6) is 0 Å². The fourth-order valence-electron chi connectivity index (χ4n) is 4.73. The average molecular weight is 479 g/mol. The van der Waals surface area contributed by atoms with Gasteiger partial charge in [0.1, 0.15) is 11.5 Å². The zero-order valence-electron chi connectivity index (χ0n) is 18.7. The number of aliphatic hydroxyl groups excluding tert-OH is 1. The van der Waals surface area contributed by atoms with Crippen molar-refractivity contribution in [2.75, 3.05) is 10.2 Å². The summed E-state index contributed by atoms with van der Waals surface area (Å²) in [5.74, 6) is 0.371. The second-order valence-corrected chi connectivity index (χ2v) is 9.90. The van der Waals surface area contributed by atoms with E-state index in [1.165, 1.54) is 10.6 Å². The van der Waals surface area contributed by atoms with Gasteiger partial charge in [0.05, 0.1) is 11.0 Å². The summed E-state index contributed by atoms with van der Waals surface area (Å²) in [6.07, 6.45) is 1.14. The van der Waals surface area contributed by atoms with Gasteiger partial charge >= 0.3 is 5.69 Å². The summed E-state index contributed by atoms with van der Waals surface area (Å²) in [5, 5.41) is 22.4. The number of hydrogen-bond donors (Lipinski definition) is 4. The number of benzene rings is 1. The van der Waals surface area contributed by atoms with Crippen LogP contribution in [0.4, 0.5) is 11.5 Å². The summed E-state index contributed by atoms with van der Waals surface area (Å²) >= 11 is 0. The van der Waals surface area contributed by atoms with E-state index in [-0.39, 0.29) is 29.7 Å². The molecule has 4 rings (SSSR count). The largest absolute Gasteiger partial charge is 0.392 e. The molecule has 1 aliphatic carbocycles. The topological polar surface area (TPSA) is 152 Å². The Hall–Kier alpha value is -2.67. The van der Waals surface area contributed by atoms with Gasteiger partial charge in [0.25, 0.3) is 5.56 Å². The van der Waals surface area contributed by atoms with Gasteiger partial charge in [-0.15, -0.1) is 0 Å². The first-order chi connectivity index (χ1) is 15.7. The maximum Gasteiger partial charge on any atom is 0.332 e. The molecule has 12 heteroatoms. The number of primary sulfonamides is 1. The van der Waals surface area contributed by atoms with Gasteiger partial charge in [-0.3, -0.25) is 19.2 Å². The highest BCUT2D eigenvalue weighted by Gasteiger charge is 2.38. The molecule has 2 aliphatic rings. The monoisotopic (exact) mass is 478 g/mol. The van der Waals surface area contributed by atoms with Crippen LogP contribution in [0, 0.1) is 0 Å². The molecule has 0 bridgehead atoms. The summed E-state index contributed by atoms with van der Waals surface area (Å²) in [6, 6.07) is 6.16. The first-order valence-corrected chi connectivity index (χ1v) is 12.7.